The number of hydrogen-bond donors (Lipinski definition) is 3. The molecule has 0 heterocycles. The molecule has 1 rings (SSSR count). The summed E-state index contributed by atoms with van der Waals surface area (Å²) in [5, 5.41) is 14.9. The number of aromatic hydroxyl groups is 1. The van der Waals surface area contributed by atoms with E-state index in [1.54, 1.807) is 24.3 Å². The number of carbonyl (C=O) groups excluding carboxylic acids is 1. The Labute approximate surface area is 95.0 Å². The van der Waals surface area contributed by atoms with E-state index in [1.165, 1.54) is 0 Å². The Morgan fingerprint density at radius 3 is 3.00 bits per heavy atom. The number of nitrogens with one attached hydrogen (secondary N) is 2. The zero-order valence-corrected chi connectivity index (χ0v) is 9.07. The Hall–Kier alpha value is -1.81. The van der Waals surface area contributed by atoms with Crippen molar-refractivity contribution >= 4 is 5.91 Å². The molecule has 0 aliphatic carbocycles. The van der Waals surface area contributed by atoms with E-state index in [2.05, 4.69) is 17.2 Å². The lowest BCUT2D eigenvalue weighted by molar-refractivity contribution is -0.120. The molecule has 86 valence electrons. The molecule has 0 aliphatic heterocycles. The number of rotatable bonds is 6. The topological polar surface area (TPSA) is 61.4 Å². The molecule has 0 spiro atoms. The molecule has 4 heteroatoms. The van der Waals surface area contributed by atoms with Crippen LogP contribution in [0.15, 0.2) is 36.9 Å². The predicted octanol–water partition coefficient (Wildman–Crippen LogP) is 0.784. The third-order valence-electron chi connectivity index (χ3n) is 1.97. The summed E-state index contributed by atoms with van der Waals surface area (Å²) in [7, 11) is 0. The van der Waals surface area contributed by atoms with Crippen LogP contribution in [0, 0.1) is 0 Å². The van der Waals surface area contributed by atoms with E-state index in [-0.39, 0.29) is 18.2 Å². The third kappa shape index (κ3) is 4.61. The number of benzene rings is 1. The summed E-state index contributed by atoms with van der Waals surface area (Å²) in [5.74, 6) is 0.162. The lowest BCUT2D eigenvalue weighted by atomic mass is 10.2. The Kier molecular flexibility index (Phi) is 5.08. The van der Waals surface area contributed by atoms with Gasteiger partial charge in [0.05, 0.1) is 6.54 Å². The van der Waals surface area contributed by atoms with E-state index in [0.717, 1.165) is 5.56 Å². The molecule has 0 atom stereocenters. The molecule has 1 aromatic rings. The van der Waals surface area contributed by atoms with Crippen molar-refractivity contribution in [1.82, 2.24) is 10.6 Å². The van der Waals surface area contributed by atoms with Crippen molar-refractivity contribution in [2.24, 2.45) is 0 Å². The summed E-state index contributed by atoms with van der Waals surface area (Å²) in [6.07, 6.45) is 1.63. The van der Waals surface area contributed by atoms with Gasteiger partial charge in [-0.1, -0.05) is 18.2 Å². The number of phenolic OH excluding ortho intramolecular Hbond substituents is 1. The van der Waals surface area contributed by atoms with Crippen molar-refractivity contribution in [1.29, 1.82) is 0 Å². The highest BCUT2D eigenvalue weighted by Crippen LogP contribution is 2.09. The molecule has 0 saturated heterocycles. The van der Waals surface area contributed by atoms with Gasteiger partial charge in [-0.3, -0.25) is 4.79 Å². The van der Waals surface area contributed by atoms with Gasteiger partial charge in [-0.2, -0.15) is 0 Å². The Morgan fingerprint density at radius 1 is 1.50 bits per heavy atom. The second kappa shape index (κ2) is 6.63. The quantitative estimate of drug-likeness (QED) is 0.621. The van der Waals surface area contributed by atoms with Gasteiger partial charge in [-0.05, 0) is 17.7 Å². The summed E-state index contributed by atoms with van der Waals surface area (Å²) in [4.78, 5) is 11.2. The Morgan fingerprint density at radius 2 is 2.31 bits per heavy atom. The van der Waals surface area contributed by atoms with Crippen molar-refractivity contribution < 1.29 is 9.90 Å². The molecular formula is C12H16N2O2. The first-order valence-corrected chi connectivity index (χ1v) is 5.08. The Balaban J connectivity index is 2.25. The van der Waals surface area contributed by atoms with Crippen LogP contribution in [0.2, 0.25) is 0 Å². The molecule has 0 aliphatic rings. The lowest BCUT2D eigenvalue weighted by Crippen LogP contribution is -2.33. The first-order chi connectivity index (χ1) is 7.72. The van der Waals surface area contributed by atoms with Crippen molar-refractivity contribution in [3.8, 4) is 5.75 Å². The van der Waals surface area contributed by atoms with Crippen LogP contribution in [0.25, 0.3) is 0 Å². The average molecular weight is 220 g/mol. The molecule has 0 bridgehead atoms. The van der Waals surface area contributed by atoms with Gasteiger partial charge in [0.25, 0.3) is 0 Å². The molecular weight excluding hydrogens is 204 g/mol. The maximum atomic E-state index is 11.2. The number of hydrogen-bond acceptors (Lipinski definition) is 3. The highest BCUT2D eigenvalue weighted by atomic mass is 16.3. The van der Waals surface area contributed by atoms with Gasteiger partial charge < -0.3 is 15.7 Å². The molecule has 0 fully saturated rings. The molecule has 1 amide bonds. The lowest BCUT2D eigenvalue weighted by Gasteiger charge is -2.05. The molecule has 0 aromatic heterocycles. The standard InChI is InChI=1S/C12H16N2O2/c1-2-6-14-12(16)9-13-8-10-4-3-5-11(15)7-10/h2-5,7,13,15H,1,6,8-9H2,(H,14,16). The van der Waals surface area contributed by atoms with E-state index < -0.39 is 0 Å². The molecule has 4 nitrogen and oxygen atoms in total. The van der Waals surface area contributed by atoms with E-state index in [4.69, 9.17) is 0 Å². The highest BCUT2D eigenvalue weighted by molar-refractivity contribution is 5.78. The van der Waals surface area contributed by atoms with E-state index >= 15 is 0 Å². The van der Waals surface area contributed by atoms with Crippen LogP contribution in [-0.4, -0.2) is 24.1 Å². The SMILES string of the molecule is C=CCNC(=O)CNCc1cccc(O)c1. The molecule has 1 aromatic carbocycles. The molecule has 3 N–H and O–H groups in total. The van der Waals surface area contributed by atoms with Crippen molar-refractivity contribution in [2.75, 3.05) is 13.1 Å². The normalized spacial score (nSPS) is 9.75. The largest absolute Gasteiger partial charge is 0.508 e. The third-order valence-corrected chi connectivity index (χ3v) is 1.97. The second-order valence-electron chi connectivity index (χ2n) is 3.37. The van der Waals surface area contributed by atoms with E-state index in [1.807, 2.05) is 6.07 Å². The van der Waals surface area contributed by atoms with Crippen LogP contribution in [0.4, 0.5) is 0 Å². The smallest absolute Gasteiger partial charge is 0.234 e. The van der Waals surface area contributed by atoms with Gasteiger partial charge in [0.2, 0.25) is 5.91 Å². The second-order valence-corrected chi connectivity index (χ2v) is 3.37. The van der Waals surface area contributed by atoms with Gasteiger partial charge >= 0.3 is 0 Å². The summed E-state index contributed by atoms with van der Waals surface area (Å²) < 4.78 is 0. The van der Waals surface area contributed by atoms with Crippen LogP contribution >= 0.6 is 0 Å². The molecule has 0 saturated carbocycles. The minimum absolute atomic E-state index is 0.0694. The van der Waals surface area contributed by atoms with Crippen molar-refractivity contribution in [3.05, 3.63) is 42.5 Å². The molecule has 16 heavy (non-hydrogen) atoms. The first kappa shape index (κ1) is 12.3. The monoisotopic (exact) mass is 220 g/mol. The van der Waals surface area contributed by atoms with Crippen molar-refractivity contribution in [2.45, 2.75) is 6.54 Å². The van der Waals surface area contributed by atoms with Gasteiger partial charge in [0.1, 0.15) is 5.75 Å². The van der Waals surface area contributed by atoms with Crippen LogP contribution in [-0.2, 0) is 11.3 Å². The zero-order chi connectivity index (χ0) is 11.8. The van der Waals surface area contributed by atoms with Gasteiger partial charge in [0, 0.05) is 13.1 Å². The minimum atomic E-state index is -0.0694. The van der Waals surface area contributed by atoms with Crippen molar-refractivity contribution in [3.63, 3.8) is 0 Å². The molecule has 0 radical (unpaired) electrons. The Bertz CT molecular complexity index is 364. The van der Waals surface area contributed by atoms with Crippen LogP contribution in [0.5, 0.6) is 5.75 Å². The van der Waals surface area contributed by atoms with Crippen LogP contribution < -0.4 is 10.6 Å². The van der Waals surface area contributed by atoms with E-state index in [0.29, 0.717) is 13.1 Å². The van der Waals surface area contributed by atoms with Gasteiger partial charge in [0.15, 0.2) is 0 Å². The van der Waals surface area contributed by atoms with Gasteiger partial charge in [-0.15, -0.1) is 6.58 Å². The number of phenols is 1. The van der Waals surface area contributed by atoms with E-state index in [9.17, 15) is 9.90 Å². The summed E-state index contributed by atoms with van der Waals surface area (Å²) in [6, 6.07) is 6.92. The minimum Gasteiger partial charge on any atom is -0.508 e. The fourth-order valence-electron chi connectivity index (χ4n) is 1.24. The van der Waals surface area contributed by atoms with Gasteiger partial charge in [-0.25, -0.2) is 0 Å². The number of carbonyl (C=O) groups is 1. The maximum absolute atomic E-state index is 11.2. The number of amides is 1. The average Bonchev–Trinajstić information content (AvgIpc) is 2.26. The summed E-state index contributed by atoms with van der Waals surface area (Å²) in [6.45, 7) is 4.79. The fourth-order valence-corrected chi connectivity index (χ4v) is 1.24. The zero-order valence-electron chi connectivity index (χ0n) is 9.07. The summed E-state index contributed by atoms with van der Waals surface area (Å²) >= 11 is 0. The summed E-state index contributed by atoms with van der Waals surface area (Å²) in [5.41, 5.74) is 0.941. The van der Waals surface area contributed by atoms with Crippen LogP contribution in [0.3, 0.4) is 0 Å². The fraction of sp³-hybridized carbons (Fsp3) is 0.250. The maximum Gasteiger partial charge on any atom is 0.234 e. The molecule has 0 unspecified atom stereocenters. The highest BCUT2D eigenvalue weighted by Gasteiger charge is 1.99. The first-order valence-electron chi connectivity index (χ1n) is 5.08. The predicted molar refractivity (Wildman–Crippen MR) is 63.0 cm³/mol. The van der Waals surface area contributed by atoms with Crippen LogP contribution in [0.1, 0.15) is 5.56 Å².